The van der Waals surface area contributed by atoms with Crippen molar-refractivity contribution >= 4 is 16.8 Å². The van der Waals surface area contributed by atoms with Gasteiger partial charge in [-0.2, -0.15) is 0 Å². The Morgan fingerprint density at radius 3 is 3.00 bits per heavy atom. The fraction of sp³-hybridized carbons (Fsp3) is 0.200. The molecule has 19 heavy (non-hydrogen) atoms. The Balaban J connectivity index is 1.98. The summed E-state index contributed by atoms with van der Waals surface area (Å²) >= 11 is 0. The van der Waals surface area contributed by atoms with E-state index in [1.54, 1.807) is 6.20 Å². The minimum absolute atomic E-state index is 0.0804. The first-order valence-corrected chi connectivity index (χ1v) is 6.05. The summed E-state index contributed by atoms with van der Waals surface area (Å²) in [5.41, 5.74) is 1.92. The number of hydrogen-bond donors (Lipinski definition) is 2. The topological polar surface area (TPSA) is 54.0 Å². The smallest absolute Gasteiger partial charge is 0.234 e. The molecule has 1 aromatic heterocycles. The lowest BCUT2D eigenvalue weighted by atomic mass is 10.1. The van der Waals surface area contributed by atoms with Gasteiger partial charge < -0.3 is 5.32 Å². The molecule has 1 aromatic carbocycles. The van der Waals surface area contributed by atoms with Gasteiger partial charge >= 0.3 is 0 Å². The minimum atomic E-state index is -0.0804. The molecule has 2 N–H and O–H groups in total. The second-order valence-corrected chi connectivity index (χ2v) is 4.08. The number of terminal acetylenes is 1. The van der Waals surface area contributed by atoms with Crippen LogP contribution >= 0.6 is 0 Å². The maximum Gasteiger partial charge on any atom is 0.234 e. The standard InChI is InChI=1S/C15H15N3O/c1-2-8-16-11-14(19)18-10-13-6-3-5-12-7-4-9-17-15(12)13/h1,3-7,9,16H,8,10-11H2,(H,18,19). The number of pyridine rings is 1. The average Bonchev–Trinajstić information content (AvgIpc) is 2.45. The lowest BCUT2D eigenvalue weighted by Gasteiger charge is -2.07. The molecule has 0 fully saturated rings. The van der Waals surface area contributed by atoms with Gasteiger partial charge in [-0.25, -0.2) is 0 Å². The van der Waals surface area contributed by atoms with Crippen molar-refractivity contribution in [1.82, 2.24) is 15.6 Å². The van der Waals surface area contributed by atoms with E-state index >= 15 is 0 Å². The van der Waals surface area contributed by atoms with Crippen molar-refractivity contribution in [3.8, 4) is 12.3 Å². The number of nitrogens with one attached hydrogen (secondary N) is 2. The third kappa shape index (κ3) is 3.54. The second-order valence-electron chi connectivity index (χ2n) is 4.08. The van der Waals surface area contributed by atoms with Crippen molar-refractivity contribution in [1.29, 1.82) is 0 Å². The largest absolute Gasteiger partial charge is 0.351 e. The molecule has 0 saturated heterocycles. The first-order valence-electron chi connectivity index (χ1n) is 6.05. The molecule has 4 heteroatoms. The Labute approximate surface area is 112 Å². The predicted octanol–water partition coefficient (Wildman–Crippen LogP) is 1.07. The van der Waals surface area contributed by atoms with Crippen LogP contribution in [0.5, 0.6) is 0 Å². The summed E-state index contributed by atoms with van der Waals surface area (Å²) in [7, 11) is 0. The highest BCUT2D eigenvalue weighted by molar-refractivity contribution is 5.82. The van der Waals surface area contributed by atoms with Crippen molar-refractivity contribution in [2.75, 3.05) is 13.1 Å². The van der Waals surface area contributed by atoms with Crippen LogP contribution < -0.4 is 10.6 Å². The molecule has 0 bridgehead atoms. The van der Waals surface area contributed by atoms with Crippen LogP contribution in [0.2, 0.25) is 0 Å². The maximum absolute atomic E-state index is 11.6. The molecule has 0 saturated carbocycles. The third-order valence-electron chi connectivity index (χ3n) is 2.70. The highest BCUT2D eigenvalue weighted by Crippen LogP contribution is 2.15. The average molecular weight is 253 g/mol. The fourth-order valence-electron chi connectivity index (χ4n) is 1.81. The number of nitrogens with zero attached hydrogens (tertiary/aromatic N) is 1. The second kappa shape index (κ2) is 6.53. The number of benzene rings is 1. The molecule has 0 unspecified atom stereocenters. The quantitative estimate of drug-likeness (QED) is 0.619. The first kappa shape index (κ1) is 13.1. The van der Waals surface area contributed by atoms with Gasteiger partial charge in [0, 0.05) is 18.1 Å². The number of carbonyl (C=O) groups is 1. The summed E-state index contributed by atoms with van der Waals surface area (Å²) in [6, 6.07) is 9.82. The zero-order valence-electron chi connectivity index (χ0n) is 10.5. The number of hydrogen-bond acceptors (Lipinski definition) is 3. The summed E-state index contributed by atoms with van der Waals surface area (Å²) in [6.45, 7) is 1.08. The molecular formula is C15H15N3O. The molecule has 1 heterocycles. The van der Waals surface area contributed by atoms with E-state index in [4.69, 9.17) is 6.42 Å². The molecular weight excluding hydrogens is 238 g/mol. The number of para-hydroxylation sites is 1. The van der Waals surface area contributed by atoms with Crippen molar-refractivity contribution in [2.45, 2.75) is 6.54 Å². The summed E-state index contributed by atoms with van der Waals surface area (Å²) in [6.07, 6.45) is 6.84. The molecule has 0 radical (unpaired) electrons. The summed E-state index contributed by atoms with van der Waals surface area (Å²) in [4.78, 5) is 15.9. The Hall–Kier alpha value is -2.38. The summed E-state index contributed by atoms with van der Waals surface area (Å²) in [5.74, 6) is 2.34. The highest BCUT2D eigenvalue weighted by Gasteiger charge is 2.04. The van der Waals surface area contributed by atoms with Crippen molar-refractivity contribution < 1.29 is 4.79 Å². The Kier molecular flexibility index (Phi) is 4.49. The van der Waals surface area contributed by atoms with Crippen LogP contribution in [-0.2, 0) is 11.3 Å². The van der Waals surface area contributed by atoms with Gasteiger partial charge in [-0.15, -0.1) is 6.42 Å². The monoisotopic (exact) mass is 253 g/mol. The predicted molar refractivity (Wildman–Crippen MR) is 75.3 cm³/mol. The van der Waals surface area contributed by atoms with Gasteiger partial charge in [0.1, 0.15) is 0 Å². The Morgan fingerprint density at radius 1 is 1.32 bits per heavy atom. The minimum Gasteiger partial charge on any atom is -0.351 e. The van der Waals surface area contributed by atoms with Crippen LogP contribution in [0, 0.1) is 12.3 Å². The Morgan fingerprint density at radius 2 is 2.16 bits per heavy atom. The van der Waals surface area contributed by atoms with Crippen LogP contribution in [-0.4, -0.2) is 24.0 Å². The van der Waals surface area contributed by atoms with E-state index < -0.39 is 0 Å². The van der Waals surface area contributed by atoms with E-state index in [1.807, 2.05) is 30.3 Å². The molecule has 0 atom stereocenters. The molecule has 2 aromatic rings. The van der Waals surface area contributed by atoms with E-state index in [-0.39, 0.29) is 12.5 Å². The number of carbonyl (C=O) groups excluding carboxylic acids is 1. The lowest BCUT2D eigenvalue weighted by molar-refractivity contribution is -0.120. The normalized spacial score (nSPS) is 10.1. The number of amides is 1. The van der Waals surface area contributed by atoms with Gasteiger partial charge in [-0.05, 0) is 11.6 Å². The Bertz CT molecular complexity index is 611. The van der Waals surface area contributed by atoms with Crippen molar-refractivity contribution in [3.05, 3.63) is 42.1 Å². The molecule has 0 aliphatic carbocycles. The molecule has 2 rings (SSSR count). The zero-order valence-corrected chi connectivity index (χ0v) is 10.5. The molecule has 1 amide bonds. The number of aromatic nitrogens is 1. The van der Waals surface area contributed by atoms with Crippen LogP contribution in [0.4, 0.5) is 0 Å². The van der Waals surface area contributed by atoms with Crippen molar-refractivity contribution in [2.24, 2.45) is 0 Å². The summed E-state index contributed by atoms with van der Waals surface area (Å²) in [5, 5.41) is 6.75. The summed E-state index contributed by atoms with van der Waals surface area (Å²) < 4.78 is 0. The van der Waals surface area contributed by atoms with Crippen LogP contribution in [0.1, 0.15) is 5.56 Å². The maximum atomic E-state index is 11.6. The van der Waals surface area contributed by atoms with E-state index in [1.165, 1.54) is 0 Å². The lowest BCUT2D eigenvalue weighted by Crippen LogP contribution is -2.33. The van der Waals surface area contributed by atoms with Gasteiger partial charge in [0.2, 0.25) is 5.91 Å². The molecule has 4 nitrogen and oxygen atoms in total. The molecule has 0 aliphatic heterocycles. The first-order chi connectivity index (χ1) is 9.31. The van der Waals surface area contributed by atoms with Crippen LogP contribution in [0.25, 0.3) is 10.9 Å². The SMILES string of the molecule is C#CCNCC(=O)NCc1cccc2cccnc12. The van der Waals surface area contributed by atoms with Gasteiger partial charge in [-0.1, -0.05) is 30.2 Å². The zero-order chi connectivity index (χ0) is 13.5. The van der Waals surface area contributed by atoms with Crippen molar-refractivity contribution in [3.63, 3.8) is 0 Å². The number of fused-ring (bicyclic) bond motifs is 1. The van der Waals surface area contributed by atoms with Crippen LogP contribution in [0.15, 0.2) is 36.5 Å². The molecule has 0 spiro atoms. The molecule has 96 valence electrons. The number of rotatable bonds is 5. The van der Waals surface area contributed by atoms with Gasteiger partial charge in [0.15, 0.2) is 0 Å². The van der Waals surface area contributed by atoms with Gasteiger partial charge in [0.05, 0.1) is 18.6 Å². The van der Waals surface area contributed by atoms with Gasteiger partial charge in [0.25, 0.3) is 0 Å². The van der Waals surface area contributed by atoms with E-state index in [9.17, 15) is 4.79 Å². The van der Waals surface area contributed by atoms with E-state index in [2.05, 4.69) is 21.5 Å². The van der Waals surface area contributed by atoms with Gasteiger partial charge in [-0.3, -0.25) is 15.1 Å². The van der Waals surface area contributed by atoms with Crippen LogP contribution in [0.3, 0.4) is 0 Å². The van der Waals surface area contributed by atoms with E-state index in [0.717, 1.165) is 16.5 Å². The third-order valence-corrected chi connectivity index (χ3v) is 2.70. The highest BCUT2D eigenvalue weighted by atomic mass is 16.1. The fourth-order valence-corrected chi connectivity index (χ4v) is 1.81. The molecule has 0 aliphatic rings. The van der Waals surface area contributed by atoms with E-state index in [0.29, 0.717) is 13.1 Å².